The number of hydrogen-bond acceptors (Lipinski definition) is 3. The lowest BCUT2D eigenvalue weighted by Crippen LogP contribution is -2.47. The van der Waals surface area contributed by atoms with Crippen LogP contribution in [0.25, 0.3) is 0 Å². The van der Waals surface area contributed by atoms with Crippen molar-refractivity contribution >= 4 is 35.9 Å². The first-order valence-electron chi connectivity index (χ1n) is 7.40. The summed E-state index contributed by atoms with van der Waals surface area (Å²) in [6, 6.07) is 7.05. The normalized spacial score (nSPS) is 14.5. The summed E-state index contributed by atoms with van der Waals surface area (Å²) in [6.07, 6.45) is 1.85. The van der Waals surface area contributed by atoms with Crippen molar-refractivity contribution < 1.29 is 9.59 Å². The molecule has 0 saturated carbocycles. The minimum atomic E-state index is -0.365. The molecule has 2 rings (SSSR count). The lowest BCUT2D eigenvalue weighted by atomic mass is 10.1. The minimum absolute atomic E-state index is 0. The zero-order chi connectivity index (χ0) is 15.8. The number of amides is 3. The first-order valence-corrected chi connectivity index (χ1v) is 7.77. The summed E-state index contributed by atoms with van der Waals surface area (Å²) in [5, 5.41) is 12.1. The Labute approximate surface area is 147 Å². The predicted molar refractivity (Wildman–Crippen MR) is 93.0 cm³/mol. The number of hydrogen-bond donors (Lipinski definition) is 4. The Kier molecular flexibility index (Phi) is 8.76. The van der Waals surface area contributed by atoms with Gasteiger partial charge in [-0.05, 0) is 43.6 Å². The van der Waals surface area contributed by atoms with E-state index in [0.29, 0.717) is 11.6 Å². The molecule has 0 radical (unpaired) electrons. The quantitative estimate of drug-likeness (QED) is 0.640. The van der Waals surface area contributed by atoms with Gasteiger partial charge in [-0.3, -0.25) is 4.79 Å². The van der Waals surface area contributed by atoms with Crippen molar-refractivity contribution in [3.8, 4) is 0 Å². The molecule has 1 aromatic rings. The lowest BCUT2D eigenvalue weighted by Gasteiger charge is -2.23. The van der Waals surface area contributed by atoms with Crippen molar-refractivity contribution in [3.63, 3.8) is 0 Å². The van der Waals surface area contributed by atoms with Crippen LogP contribution in [0.2, 0.25) is 5.02 Å². The molecular weight excluding hydrogens is 339 g/mol. The molecular formula is C15H22Cl2N4O2. The highest BCUT2D eigenvalue weighted by molar-refractivity contribution is 6.30. The first-order chi connectivity index (χ1) is 10.6. The van der Waals surface area contributed by atoms with E-state index >= 15 is 0 Å². The molecule has 0 unspecified atom stereocenters. The van der Waals surface area contributed by atoms with Gasteiger partial charge in [0, 0.05) is 17.6 Å². The fourth-order valence-corrected chi connectivity index (χ4v) is 2.38. The summed E-state index contributed by atoms with van der Waals surface area (Å²) in [5.41, 5.74) is 0.943. The molecule has 23 heavy (non-hydrogen) atoms. The average molecular weight is 361 g/mol. The van der Waals surface area contributed by atoms with Gasteiger partial charge >= 0.3 is 6.03 Å². The number of nitrogens with one attached hydrogen (secondary N) is 4. The highest BCUT2D eigenvalue weighted by Gasteiger charge is 2.15. The molecule has 1 fully saturated rings. The van der Waals surface area contributed by atoms with Crippen LogP contribution in [-0.2, 0) is 11.3 Å². The molecule has 0 spiro atoms. The van der Waals surface area contributed by atoms with Crippen LogP contribution in [0.5, 0.6) is 0 Å². The molecule has 3 amide bonds. The van der Waals surface area contributed by atoms with Crippen molar-refractivity contribution in [1.82, 2.24) is 21.3 Å². The third kappa shape index (κ3) is 7.54. The van der Waals surface area contributed by atoms with Gasteiger partial charge in [-0.15, -0.1) is 12.4 Å². The molecule has 1 heterocycles. The van der Waals surface area contributed by atoms with Gasteiger partial charge in [0.25, 0.3) is 0 Å². The largest absolute Gasteiger partial charge is 0.352 e. The van der Waals surface area contributed by atoms with E-state index in [0.717, 1.165) is 31.5 Å². The third-order valence-corrected chi connectivity index (χ3v) is 3.73. The summed E-state index contributed by atoms with van der Waals surface area (Å²) < 4.78 is 0. The minimum Gasteiger partial charge on any atom is -0.352 e. The van der Waals surface area contributed by atoms with E-state index in [-0.39, 0.29) is 36.9 Å². The van der Waals surface area contributed by atoms with E-state index in [1.54, 1.807) is 12.1 Å². The molecule has 6 nitrogen and oxygen atoms in total. The van der Waals surface area contributed by atoms with Crippen LogP contribution in [0.15, 0.2) is 24.3 Å². The summed E-state index contributed by atoms with van der Waals surface area (Å²) in [4.78, 5) is 23.4. The van der Waals surface area contributed by atoms with E-state index in [1.807, 2.05) is 12.1 Å². The summed E-state index contributed by atoms with van der Waals surface area (Å²) in [6.45, 7) is 2.20. The second kappa shape index (κ2) is 10.3. The topological polar surface area (TPSA) is 82.3 Å². The number of halogens is 2. The standard InChI is InChI=1S/C15H21ClN4O2.ClH/c16-12-3-1-11(2-4-12)9-18-15(22)19-10-14(21)20-13-5-7-17-8-6-13;/h1-4,13,17H,5-10H2,(H,20,21)(H2,18,19,22);1H. The maximum absolute atomic E-state index is 11.7. The molecule has 0 atom stereocenters. The Morgan fingerprint density at radius 3 is 2.43 bits per heavy atom. The van der Waals surface area contributed by atoms with E-state index in [9.17, 15) is 9.59 Å². The average Bonchev–Trinajstić information content (AvgIpc) is 2.53. The Balaban J connectivity index is 0.00000264. The van der Waals surface area contributed by atoms with Gasteiger partial charge in [-0.1, -0.05) is 23.7 Å². The number of benzene rings is 1. The number of carbonyl (C=O) groups excluding carboxylic acids is 2. The van der Waals surface area contributed by atoms with Crippen LogP contribution in [0.3, 0.4) is 0 Å². The van der Waals surface area contributed by atoms with Crippen molar-refractivity contribution in [3.05, 3.63) is 34.9 Å². The van der Waals surface area contributed by atoms with E-state index in [2.05, 4.69) is 21.3 Å². The maximum atomic E-state index is 11.7. The van der Waals surface area contributed by atoms with Crippen molar-refractivity contribution in [2.24, 2.45) is 0 Å². The van der Waals surface area contributed by atoms with Crippen LogP contribution in [0.1, 0.15) is 18.4 Å². The molecule has 128 valence electrons. The zero-order valence-electron chi connectivity index (χ0n) is 12.7. The maximum Gasteiger partial charge on any atom is 0.315 e. The highest BCUT2D eigenvalue weighted by atomic mass is 35.5. The number of rotatable bonds is 5. The van der Waals surface area contributed by atoms with Crippen molar-refractivity contribution in [2.45, 2.75) is 25.4 Å². The number of carbonyl (C=O) groups is 2. The highest BCUT2D eigenvalue weighted by Crippen LogP contribution is 2.08. The molecule has 0 aromatic heterocycles. The van der Waals surface area contributed by atoms with E-state index < -0.39 is 0 Å². The van der Waals surface area contributed by atoms with Gasteiger partial charge in [0.1, 0.15) is 0 Å². The van der Waals surface area contributed by atoms with Gasteiger partial charge < -0.3 is 21.3 Å². The van der Waals surface area contributed by atoms with Crippen LogP contribution in [0.4, 0.5) is 4.79 Å². The lowest BCUT2D eigenvalue weighted by molar-refractivity contribution is -0.120. The molecule has 1 aliphatic rings. The fraction of sp³-hybridized carbons (Fsp3) is 0.467. The van der Waals surface area contributed by atoms with Crippen molar-refractivity contribution in [1.29, 1.82) is 0 Å². The van der Waals surface area contributed by atoms with Crippen LogP contribution in [-0.4, -0.2) is 37.6 Å². The molecule has 1 aliphatic heterocycles. The zero-order valence-corrected chi connectivity index (χ0v) is 14.3. The van der Waals surface area contributed by atoms with Crippen molar-refractivity contribution in [2.75, 3.05) is 19.6 Å². The van der Waals surface area contributed by atoms with Gasteiger partial charge in [0.2, 0.25) is 5.91 Å². The second-order valence-corrected chi connectivity index (χ2v) is 5.69. The molecule has 0 aliphatic carbocycles. The van der Waals surface area contributed by atoms with E-state index in [1.165, 1.54) is 0 Å². The van der Waals surface area contributed by atoms with Crippen LogP contribution >= 0.6 is 24.0 Å². The molecule has 8 heteroatoms. The smallest absolute Gasteiger partial charge is 0.315 e. The van der Waals surface area contributed by atoms with Crippen LogP contribution < -0.4 is 21.3 Å². The number of piperidine rings is 1. The SMILES string of the molecule is Cl.O=C(CNC(=O)NCc1ccc(Cl)cc1)NC1CCNCC1. The van der Waals surface area contributed by atoms with Crippen LogP contribution in [0, 0.1) is 0 Å². The van der Waals surface area contributed by atoms with Gasteiger partial charge in [0.15, 0.2) is 0 Å². The predicted octanol–water partition coefficient (Wildman–Crippen LogP) is 1.43. The number of urea groups is 1. The van der Waals surface area contributed by atoms with Gasteiger partial charge in [-0.25, -0.2) is 4.79 Å². The summed E-state index contributed by atoms with van der Waals surface area (Å²) in [5.74, 6) is -0.159. The Morgan fingerprint density at radius 2 is 1.78 bits per heavy atom. The van der Waals surface area contributed by atoms with Gasteiger partial charge in [-0.2, -0.15) is 0 Å². The Bertz CT molecular complexity index is 505. The molecule has 1 saturated heterocycles. The van der Waals surface area contributed by atoms with E-state index in [4.69, 9.17) is 11.6 Å². The molecule has 0 bridgehead atoms. The Hall–Kier alpha value is -1.50. The first kappa shape index (κ1) is 19.5. The fourth-order valence-electron chi connectivity index (χ4n) is 2.25. The summed E-state index contributed by atoms with van der Waals surface area (Å²) >= 11 is 5.79. The molecule has 4 N–H and O–H groups in total. The third-order valence-electron chi connectivity index (χ3n) is 3.48. The second-order valence-electron chi connectivity index (χ2n) is 5.25. The molecule has 1 aromatic carbocycles. The van der Waals surface area contributed by atoms with Gasteiger partial charge in [0.05, 0.1) is 6.54 Å². The monoisotopic (exact) mass is 360 g/mol. The summed E-state index contributed by atoms with van der Waals surface area (Å²) in [7, 11) is 0. The Morgan fingerprint density at radius 1 is 1.13 bits per heavy atom.